The quantitative estimate of drug-likeness (QED) is 0.451. The summed E-state index contributed by atoms with van der Waals surface area (Å²) in [6.07, 6.45) is 1.73. The summed E-state index contributed by atoms with van der Waals surface area (Å²) < 4.78 is 6.75. The maximum atomic E-state index is 12.4. The molecule has 2 heterocycles. The first-order valence-electron chi connectivity index (χ1n) is 10.2. The number of anilines is 1. The van der Waals surface area contributed by atoms with Crippen molar-refractivity contribution in [2.45, 2.75) is 13.5 Å². The third kappa shape index (κ3) is 4.44. The molecule has 2 N–H and O–H groups in total. The van der Waals surface area contributed by atoms with E-state index < -0.39 is 12.0 Å². The first-order valence-corrected chi connectivity index (χ1v) is 10.2. The predicted octanol–water partition coefficient (Wildman–Crippen LogP) is 4.02. The van der Waals surface area contributed by atoms with Crippen LogP contribution in [0.5, 0.6) is 0 Å². The van der Waals surface area contributed by atoms with E-state index >= 15 is 0 Å². The van der Waals surface area contributed by atoms with E-state index in [1.807, 2.05) is 47.9 Å². The number of rotatable bonds is 6. The van der Waals surface area contributed by atoms with Gasteiger partial charge in [0.15, 0.2) is 5.65 Å². The van der Waals surface area contributed by atoms with Crippen molar-refractivity contribution in [2.75, 3.05) is 19.0 Å². The van der Waals surface area contributed by atoms with Gasteiger partial charge >= 0.3 is 12.0 Å². The molecular formula is C24H23N5O3. The largest absolute Gasteiger partial charge is 0.465 e. The van der Waals surface area contributed by atoms with E-state index in [1.54, 1.807) is 30.5 Å². The molecule has 0 saturated carbocycles. The van der Waals surface area contributed by atoms with Crippen molar-refractivity contribution >= 4 is 28.9 Å². The number of aryl methyl sites for hydroxylation is 1. The number of hydrogen-bond donors (Lipinski definition) is 2. The number of aromatic nitrogens is 3. The number of methoxy groups -OCH3 is 1. The minimum atomic E-state index is -0.514. The van der Waals surface area contributed by atoms with Gasteiger partial charge in [-0.25, -0.2) is 19.6 Å². The third-order valence-electron chi connectivity index (χ3n) is 5.02. The fourth-order valence-electron chi connectivity index (χ4n) is 3.42. The van der Waals surface area contributed by atoms with E-state index in [0.29, 0.717) is 18.8 Å². The second-order valence-corrected chi connectivity index (χ2v) is 7.22. The molecule has 0 unspecified atom stereocenters. The second-order valence-electron chi connectivity index (χ2n) is 7.22. The summed E-state index contributed by atoms with van der Waals surface area (Å²) in [6.45, 7) is 2.85. The average molecular weight is 429 g/mol. The van der Waals surface area contributed by atoms with E-state index in [2.05, 4.69) is 15.6 Å². The lowest BCUT2D eigenvalue weighted by molar-refractivity contribution is 0.0602. The van der Waals surface area contributed by atoms with Crippen LogP contribution in [0.1, 0.15) is 15.9 Å². The number of esters is 1. The Kier molecular flexibility index (Phi) is 6.12. The number of ether oxygens (including phenoxy) is 1. The van der Waals surface area contributed by atoms with E-state index in [9.17, 15) is 9.59 Å². The topological polar surface area (TPSA) is 98.1 Å². The molecule has 32 heavy (non-hydrogen) atoms. The van der Waals surface area contributed by atoms with Crippen LogP contribution in [0.4, 0.5) is 10.5 Å². The maximum Gasteiger partial charge on any atom is 0.339 e. The summed E-state index contributed by atoms with van der Waals surface area (Å²) in [5, 5.41) is 5.53. The van der Waals surface area contributed by atoms with Crippen molar-refractivity contribution < 1.29 is 14.3 Å². The van der Waals surface area contributed by atoms with Gasteiger partial charge in [-0.05, 0) is 31.2 Å². The number of pyridine rings is 1. The highest BCUT2D eigenvalue weighted by Gasteiger charge is 2.15. The van der Waals surface area contributed by atoms with E-state index in [4.69, 9.17) is 9.72 Å². The summed E-state index contributed by atoms with van der Waals surface area (Å²) in [6, 6.07) is 18.2. The molecule has 0 aliphatic rings. The van der Waals surface area contributed by atoms with Crippen molar-refractivity contribution in [3.05, 3.63) is 78.0 Å². The average Bonchev–Trinajstić information content (AvgIpc) is 3.18. The minimum Gasteiger partial charge on any atom is -0.465 e. The number of nitrogens with zero attached hydrogens (tertiary/aromatic N) is 3. The molecule has 0 aliphatic heterocycles. The maximum absolute atomic E-state index is 12.4. The van der Waals surface area contributed by atoms with Crippen LogP contribution in [0.3, 0.4) is 0 Å². The molecule has 0 fully saturated rings. The van der Waals surface area contributed by atoms with Crippen LogP contribution in [0.2, 0.25) is 0 Å². The molecule has 2 aromatic carbocycles. The smallest absolute Gasteiger partial charge is 0.339 e. The molecule has 162 valence electrons. The Morgan fingerprint density at radius 3 is 2.59 bits per heavy atom. The first kappa shape index (κ1) is 21.0. The van der Waals surface area contributed by atoms with Gasteiger partial charge in [0.05, 0.1) is 18.4 Å². The second kappa shape index (κ2) is 9.30. The zero-order valence-electron chi connectivity index (χ0n) is 17.8. The van der Waals surface area contributed by atoms with E-state index in [0.717, 1.165) is 22.6 Å². The Morgan fingerprint density at radius 1 is 1.03 bits per heavy atom. The number of amides is 2. The molecule has 0 atom stereocenters. The van der Waals surface area contributed by atoms with Crippen LogP contribution < -0.4 is 10.6 Å². The van der Waals surface area contributed by atoms with Crippen molar-refractivity contribution in [2.24, 2.45) is 0 Å². The molecule has 2 amide bonds. The van der Waals surface area contributed by atoms with Crippen molar-refractivity contribution in [3.8, 4) is 11.4 Å². The fraction of sp³-hybridized carbons (Fsp3) is 0.167. The number of urea groups is 1. The summed E-state index contributed by atoms with van der Waals surface area (Å²) in [5.74, 6) is 0.275. The highest BCUT2D eigenvalue weighted by Crippen LogP contribution is 2.24. The molecule has 0 saturated heterocycles. The molecule has 2 aromatic heterocycles. The summed E-state index contributed by atoms with van der Waals surface area (Å²) in [7, 11) is 1.30. The predicted molar refractivity (Wildman–Crippen MR) is 123 cm³/mol. The molecule has 8 heteroatoms. The van der Waals surface area contributed by atoms with Crippen LogP contribution in [-0.2, 0) is 11.3 Å². The zero-order chi connectivity index (χ0) is 22.5. The van der Waals surface area contributed by atoms with E-state index in [1.165, 1.54) is 12.7 Å². The van der Waals surface area contributed by atoms with Crippen LogP contribution >= 0.6 is 0 Å². The number of fused-ring (bicyclic) bond motifs is 1. The number of hydrogen-bond acceptors (Lipinski definition) is 5. The van der Waals surface area contributed by atoms with Crippen molar-refractivity contribution in [3.63, 3.8) is 0 Å². The number of nitrogens with one attached hydrogen (secondary N) is 2. The summed E-state index contributed by atoms with van der Waals surface area (Å²) in [5.41, 5.74) is 4.36. The Hall–Kier alpha value is -4.20. The third-order valence-corrected chi connectivity index (χ3v) is 5.02. The number of benzene rings is 2. The minimum absolute atomic E-state index is 0.289. The molecule has 0 spiro atoms. The van der Waals surface area contributed by atoms with Crippen LogP contribution in [0, 0.1) is 6.92 Å². The van der Waals surface area contributed by atoms with Crippen LogP contribution in [0.15, 0.2) is 66.9 Å². The highest BCUT2D eigenvalue weighted by atomic mass is 16.5. The van der Waals surface area contributed by atoms with Gasteiger partial charge in [0.2, 0.25) is 0 Å². The summed E-state index contributed by atoms with van der Waals surface area (Å²) >= 11 is 0. The Morgan fingerprint density at radius 2 is 1.81 bits per heavy atom. The van der Waals surface area contributed by atoms with Gasteiger partial charge in [-0.15, -0.1) is 0 Å². The Bertz CT molecular complexity index is 1260. The lowest BCUT2D eigenvalue weighted by atomic mass is 10.1. The zero-order valence-corrected chi connectivity index (χ0v) is 17.8. The highest BCUT2D eigenvalue weighted by molar-refractivity contribution is 6.00. The Labute approximate surface area is 185 Å². The number of para-hydroxylation sites is 1. The first-order chi connectivity index (χ1) is 15.6. The molecule has 0 bridgehead atoms. The molecule has 0 radical (unpaired) electrons. The Balaban J connectivity index is 1.49. The summed E-state index contributed by atoms with van der Waals surface area (Å²) in [4.78, 5) is 33.5. The van der Waals surface area contributed by atoms with Gasteiger partial charge in [0.25, 0.3) is 0 Å². The van der Waals surface area contributed by atoms with Gasteiger partial charge in [-0.1, -0.05) is 42.0 Å². The number of imidazole rings is 1. The van der Waals surface area contributed by atoms with Gasteiger partial charge in [0.1, 0.15) is 11.3 Å². The molecule has 0 aliphatic carbocycles. The van der Waals surface area contributed by atoms with Gasteiger partial charge < -0.3 is 19.9 Å². The monoisotopic (exact) mass is 429 g/mol. The van der Waals surface area contributed by atoms with E-state index in [-0.39, 0.29) is 5.56 Å². The fourth-order valence-corrected chi connectivity index (χ4v) is 3.42. The number of carbonyl (C=O) groups excluding carboxylic acids is 2. The van der Waals surface area contributed by atoms with Gasteiger partial charge in [-0.2, -0.15) is 0 Å². The van der Waals surface area contributed by atoms with Crippen LogP contribution in [0.25, 0.3) is 22.6 Å². The standard InChI is InChI=1S/C24H23N5O3/c1-16-9-11-17(12-10-16)21-27-20-8-5-13-25-22(20)29(21)15-14-26-24(31)28-19-7-4-3-6-18(19)23(30)32-2/h3-13H,14-15H2,1-2H3,(H2,26,28,31). The number of carbonyl (C=O) groups is 2. The SMILES string of the molecule is COC(=O)c1ccccc1NC(=O)NCCn1c(-c2ccc(C)cc2)nc2cccnc21. The van der Waals surface area contributed by atoms with Gasteiger partial charge in [0, 0.05) is 24.8 Å². The molecule has 4 rings (SSSR count). The normalized spacial score (nSPS) is 10.7. The van der Waals surface area contributed by atoms with Crippen molar-refractivity contribution in [1.29, 1.82) is 0 Å². The lowest BCUT2D eigenvalue weighted by Crippen LogP contribution is -2.32. The molecular weight excluding hydrogens is 406 g/mol. The van der Waals surface area contributed by atoms with Crippen LogP contribution in [-0.4, -0.2) is 40.2 Å². The molecule has 8 nitrogen and oxygen atoms in total. The lowest BCUT2D eigenvalue weighted by Gasteiger charge is -2.12. The van der Waals surface area contributed by atoms with Gasteiger partial charge in [-0.3, -0.25) is 0 Å². The van der Waals surface area contributed by atoms with Crippen molar-refractivity contribution in [1.82, 2.24) is 19.9 Å². The molecule has 4 aromatic rings.